The number of likely N-dealkylation sites (tertiary alicyclic amines) is 1. The average Bonchev–Trinajstić information content (AvgIpc) is 3.16. The van der Waals surface area contributed by atoms with Crippen molar-refractivity contribution in [2.24, 2.45) is 0 Å². The Labute approximate surface area is 161 Å². The first-order valence-electron chi connectivity index (χ1n) is 9.96. The summed E-state index contributed by atoms with van der Waals surface area (Å²) >= 11 is 0. The Morgan fingerprint density at radius 1 is 1.30 bits per heavy atom. The van der Waals surface area contributed by atoms with E-state index in [1.807, 2.05) is 13.8 Å². The Balaban J connectivity index is 1.50. The van der Waals surface area contributed by atoms with E-state index in [0.717, 1.165) is 50.4 Å². The van der Waals surface area contributed by atoms with Crippen LogP contribution in [0.15, 0.2) is 28.8 Å². The van der Waals surface area contributed by atoms with Crippen LogP contribution in [-0.2, 0) is 16.8 Å². The number of rotatable bonds is 4. The molecule has 2 heterocycles. The lowest BCUT2D eigenvalue weighted by molar-refractivity contribution is -0.121. The van der Waals surface area contributed by atoms with Gasteiger partial charge >= 0.3 is 0 Å². The van der Waals surface area contributed by atoms with E-state index in [2.05, 4.69) is 39.6 Å². The molecule has 1 atom stereocenters. The van der Waals surface area contributed by atoms with Crippen molar-refractivity contribution < 1.29 is 9.32 Å². The molecule has 1 N–H and O–H groups in total. The van der Waals surface area contributed by atoms with Gasteiger partial charge in [0.05, 0.1) is 5.69 Å². The van der Waals surface area contributed by atoms with E-state index < -0.39 is 0 Å². The lowest BCUT2D eigenvalue weighted by atomic mass is 9.73. The second kappa shape index (κ2) is 7.12. The Kier molecular flexibility index (Phi) is 4.81. The van der Waals surface area contributed by atoms with Gasteiger partial charge in [-0.15, -0.1) is 0 Å². The van der Waals surface area contributed by atoms with Gasteiger partial charge < -0.3 is 9.84 Å². The van der Waals surface area contributed by atoms with Gasteiger partial charge in [0.25, 0.3) is 0 Å². The van der Waals surface area contributed by atoms with Crippen LogP contribution in [0.1, 0.15) is 59.7 Å². The highest BCUT2D eigenvalue weighted by Crippen LogP contribution is 2.52. The summed E-state index contributed by atoms with van der Waals surface area (Å²) in [7, 11) is 1.73. The maximum absolute atomic E-state index is 12.0. The van der Waals surface area contributed by atoms with Gasteiger partial charge in [-0.05, 0) is 68.7 Å². The summed E-state index contributed by atoms with van der Waals surface area (Å²) in [5, 5.41) is 6.88. The Bertz CT molecular complexity index is 814. The summed E-state index contributed by atoms with van der Waals surface area (Å²) < 4.78 is 5.32. The fourth-order valence-electron chi connectivity index (χ4n) is 5.10. The molecule has 1 aromatic heterocycles. The second-order valence-electron chi connectivity index (χ2n) is 8.22. The van der Waals surface area contributed by atoms with E-state index in [1.54, 1.807) is 7.05 Å². The zero-order chi connectivity index (χ0) is 19.0. The van der Waals surface area contributed by atoms with E-state index in [0.29, 0.717) is 12.3 Å². The first-order valence-corrected chi connectivity index (χ1v) is 9.96. The third-order valence-electron chi connectivity index (χ3n) is 6.70. The number of carbonyl (C=O) groups is 1. The van der Waals surface area contributed by atoms with Crippen LogP contribution in [0, 0.1) is 13.8 Å². The van der Waals surface area contributed by atoms with Gasteiger partial charge in [0, 0.05) is 25.6 Å². The molecule has 1 aliphatic heterocycles. The zero-order valence-corrected chi connectivity index (χ0v) is 16.5. The van der Waals surface area contributed by atoms with E-state index in [-0.39, 0.29) is 11.3 Å². The minimum absolute atomic E-state index is 0.141. The fraction of sp³-hybridized carbons (Fsp3) is 0.545. The van der Waals surface area contributed by atoms with E-state index in [9.17, 15) is 4.79 Å². The quantitative estimate of drug-likeness (QED) is 0.899. The molecule has 5 heteroatoms. The van der Waals surface area contributed by atoms with Gasteiger partial charge in [0.2, 0.25) is 5.91 Å². The molecule has 1 fully saturated rings. The SMILES string of the molecule is CNC(=O)C[C@@H]1CC2(CCN(Cc3c(C)noc3C)CC2)c2ccccc21. The molecule has 1 spiro atoms. The van der Waals surface area contributed by atoms with Crippen LogP contribution in [-0.4, -0.2) is 36.1 Å². The van der Waals surface area contributed by atoms with Crippen LogP contribution in [0.2, 0.25) is 0 Å². The number of aryl methyl sites for hydroxylation is 2. The predicted molar refractivity (Wildman–Crippen MR) is 105 cm³/mol. The van der Waals surface area contributed by atoms with Gasteiger partial charge in [0.15, 0.2) is 0 Å². The molecule has 1 amide bonds. The lowest BCUT2D eigenvalue weighted by Gasteiger charge is -2.40. The number of piperidine rings is 1. The Hall–Kier alpha value is -2.14. The third kappa shape index (κ3) is 3.29. The Morgan fingerprint density at radius 2 is 2.04 bits per heavy atom. The molecular weight excluding hydrogens is 338 g/mol. The molecule has 1 aromatic carbocycles. The maximum Gasteiger partial charge on any atom is 0.220 e. The number of amides is 1. The topological polar surface area (TPSA) is 58.4 Å². The molecule has 4 rings (SSSR count). The number of benzene rings is 1. The van der Waals surface area contributed by atoms with Crippen LogP contribution >= 0.6 is 0 Å². The molecule has 27 heavy (non-hydrogen) atoms. The monoisotopic (exact) mass is 367 g/mol. The standard InChI is InChI=1S/C22H29N3O2/c1-15-19(16(2)27-24-15)14-25-10-8-22(9-11-25)13-17(12-21(26)23-3)18-6-4-5-7-20(18)22/h4-7,17H,8-14H2,1-3H3,(H,23,26)/t17-/m1/s1. The van der Waals surface area contributed by atoms with Crippen molar-refractivity contribution in [2.75, 3.05) is 20.1 Å². The fourth-order valence-corrected chi connectivity index (χ4v) is 5.10. The van der Waals surface area contributed by atoms with Crippen molar-refractivity contribution in [3.8, 4) is 0 Å². The highest BCUT2D eigenvalue weighted by atomic mass is 16.5. The summed E-state index contributed by atoms with van der Waals surface area (Å²) in [4.78, 5) is 14.5. The number of aromatic nitrogens is 1. The van der Waals surface area contributed by atoms with Crippen LogP contribution in [0.3, 0.4) is 0 Å². The number of hydrogen-bond donors (Lipinski definition) is 1. The number of hydrogen-bond acceptors (Lipinski definition) is 4. The summed E-state index contributed by atoms with van der Waals surface area (Å²) in [6, 6.07) is 8.79. The molecule has 1 saturated heterocycles. The summed E-state index contributed by atoms with van der Waals surface area (Å²) in [6.07, 6.45) is 3.99. The predicted octanol–water partition coefficient (Wildman–Crippen LogP) is 3.45. The molecule has 0 unspecified atom stereocenters. The first kappa shape index (κ1) is 18.2. The van der Waals surface area contributed by atoms with Crippen LogP contribution in [0.25, 0.3) is 0 Å². The maximum atomic E-state index is 12.0. The summed E-state index contributed by atoms with van der Waals surface area (Å²) in [5.41, 5.74) is 5.33. The summed E-state index contributed by atoms with van der Waals surface area (Å²) in [5.74, 6) is 1.42. The first-order chi connectivity index (χ1) is 13.0. The van der Waals surface area contributed by atoms with Crippen molar-refractivity contribution >= 4 is 5.91 Å². The minimum Gasteiger partial charge on any atom is -0.361 e. The number of nitrogens with zero attached hydrogens (tertiary/aromatic N) is 2. The average molecular weight is 367 g/mol. The number of carbonyl (C=O) groups excluding carboxylic acids is 1. The smallest absolute Gasteiger partial charge is 0.220 e. The number of nitrogens with one attached hydrogen (secondary N) is 1. The highest BCUT2D eigenvalue weighted by Gasteiger charge is 2.45. The van der Waals surface area contributed by atoms with Gasteiger partial charge in [-0.25, -0.2) is 0 Å². The van der Waals surface area contributed by atoms with Gasteiger partial charge in [-0.3, -0.25) is 9.69 Å². The largest absolute Gasteiger partial charge is 0.361 e. The zero-order valence-electron chi connectivity index (χ0n) is 16.5. The van der Waals surface area contributed by atoms with Crippen molar-refractivity contribution in [3.05, 3.63) is 52.4 Å². The van der Waals surface area contributed by atoms with Crippen molar-refractivity contribution in [1.82, 2.24) is 15.4 Å². The lowest BCUT2D eigenvalue weighted by Crippen LogP contribution is -2.41. The normalized spacial score (nSPS) is 21.4. The Morgan fingerprint density at radius 3 is 2.70 bits per heavy atom. The molecule has 0 radical (unpaired) electrons. The molecular formula is C22H29N3O2. The van der Waals surface area contributed by atoms with Crippen molar-refractivity contribution in [2.45, 2.75) is 57.4 Å². The molecule has 144 valence electrons. The van der Waals surface area contributed by atoms with E-state index in [4.69, 9.17) is 4.52 Å². The van der Waals surface area contributed by atoms with Crippen molar-refractivity contribution in [1.29, 1.82) is 0 Å². The minimum atomic E-state index is 0.141. The van der Waals surface area contributed by atoms with Gasteiger partial charge in [-0.2, -0.15) is 0 Å². The van der Waals surface area contributed by atoms with Gasteiger partial charge in [-0.1, -0.05) is 29.4 Å². The van der Waals surface area contributed by atoms with Gasteiger partial charge in [0.1, 0.15) is 5.76 Å². The molecule has 0 saturated carbocycles. The number of fused-ring (bicyclic) bond motifs is 2. The molecule has 2 aliphatic rings. The van der Waals surface area contributed by atoms with E-state index >= 15 is 0 Å². The molecule has 0 bridgehead atoms. The molecule has 1 aliphatic carbocycles. The second-order valence-corrected chi connectivity index (χ2v) is 8.22. The molecule has 5 nitrogen and oxygen atoms in total. The van der Waals surface area contributed by atoms with Crippen LogP contribution in [0.5, 0.6) is 0 Å². The molecule has 2 aromatic rings. The van der Waals surface area contributed by atoms with Crippen LogP contribution in [0.4, 0.5) is 0 Å². The third-order valence-corrected chi connectivity index (χ3v) is 6.70. The van der Waals surface area contributed by atoms with E-state index in [1.165, 1.54) is 16.7 Å². The van der Waals surface area contributed by atoms with Crippen LogP contribution < -0.4 is 5.32 Å². The highest BCUT2D eigenvalue weighted by molar-refractivity contribution is 5.77. The van der Waals surface area contributed by atoms with Crippen molar-refractivity contribution in [3.63, 3.8) is 0 Å². The summed E-state index contributed by atoms with van der Waals surface area (Å²) in [6.45, 7) is 7.09.